The molecular formula is C12H18N4S. The molecule has 17 heavy (non-hydrogen) atoms. The molecule has 4 nitrogen and oxygen atoms in total. The molecule has 0 bridgehead atoms. The van der Waals surface area contributed by atoms with Crippen LogP contribution < -0.4 is 5.32 Å². The molecule has 0 aliphatic rings. The Kier molecular flexibility index (Phi) is 3.59. The third-order valence-corrected chi connectivity index (χ3v) is 3.84. The largest absolute Gasteiger partial charge is 0.312 e. The van der Waals surface area contributed by atoms with E-state index in [4.69, 9.17) is 0 Å². The van der Waals surface area contributed by atoms with Crippen molar-refractivity contribution in [1.82, 2.24) is 20.1 Å². The molecule has 2 heterocycles. The Hall–Kier alpha value is -1.20. The van der Waals surface area contributed by atoms with Gasteiger partial charge >= 0.3 is 0 Å². The Labute approximate surface area is 106 Å². The second kappa shape index (κ2) is 4.98. The van der Waals surface area contributed by atoms with Gasteiger partial charge in [-0.2, -0.15) is 5.10 Å². The number of aryl methyl sites for hydroxylation is 2. The lowest BCUT2D eigenvalue weighted by atomic mass is 10.2. The fourth-order valence-corrected chi connectivity index (χ4v) is 2.87. The van der Waals surface area contributed by atoms with Crippen molar-refractivity contribution in [2.75, 3.05) is 6.54 Å². The first-order valence-corrected chi connectivity index (χ1v) is 6.61. The maximum absolute atomic E-state index is 4.50. The molecule has 0 aliphatic carbocycles. The molecule has 0 atom stereocenters. The third kappa shape index (κ3) is 2.40. The number of hydrogen-bond donors (Lipinski definition) is 1. The summed E-state index contributed by atoms with van der Waals surface area (Å²) in [6.45, 7) is 8.11. The molecule has 2 rings (SSSR count). The van der Waals surface area contributed by atoms with Gasteiger partial charge < -0.3 is 5.32 Å². The zero-order valence-electron chi connectivity index (χ0n) is 10.7. The van der Waals surface area contributed by atoms with Gasteiger partial charge in [-0.05, 0) is 20.4 Å². The zero-order valence-corrected chi connectivity index (χ0v) is 11.6. The first-order chi connectivity index (χ1) is 8.13. The van der Waals surface area contributed by atoms with E-state index in [1.165, 1.54) is 16.1 Å². The van der Waals surface area contributed by atoms with Crippen molar-refractivity contribution in [3.8, 4) is 10.6 Å². The van der Waals surface area contributed by atoms with Gasteiger partial charge in [0.1, 0.15) is 5.01 Å². The standard InChI is InChI=1S/C12H18N4S/c1-5-13-6-10-7-14-12(17-10)11-8(2)15-16(4)9(11)3/h7,13H,5-6H2,1-4H3. The SMILES string of the molecule is CCNCc1cnc(-c2c(C)nn(C)c2C)s1. The minimum atomic E-state index is 0.895. The number of nitrogens with one attached hydrogen (secondary N) is 1. The van der Waals surface area contributed by atoms with Crippen molar-refractivity contribution in [3.63, 3.8) is 0 Å². The highest BCUT2D eigenvalue weighted by molar-refractivity contribution is 7.15. The van der Waals surface area contributed by atoms with E-state index in [0.717, 1.165) is 23.8 Å². The molecule has 0 fully saturated rings. The summed E-state index contributed by atoms with van der Waals surface area (Å²) in [6.07, 6.45) is 1.95. The van der Waals surface area contributed by atoms with Crippen LogP contribution in [-0.2, 0) is 13.6 Å². The number of rotatable bonds is 4. The van der Waals surface area contributed by atoms with E-state index in [2.05, 4.69) is 29.2 Å². The molecule has 92 valence electrons. The van der Waals surface area contributed by atoms with Crippen LogP contribution in [0.25, 0.3) is 10.6 Å². The van der Waals surface area contributed by atoms with Crippen LogP contribution in [0.15, 0.2) is 6.20 Å². The lowest BCUT2D eigenvalue weighted by Gasteiger charge is -1.97. The van der Waals surface area contributed by atoms with Crippen molar-refractivity contribution in [2.24, 2.45) is 7.05 Å². The molecule has 5 heteroatoms. The number of aromatic nitrogens is 3. The van der Waals surface area contributed by atoms with Gasteiger partial charge in [0.25, 0.3) is 0 Å². The summed E-state index contributed by atoms with van der Waals surface area (Å²) in [5.74, 6) is 0. The average molecular weight is 250 g/mol. The zero-order chi connectivity index (χ0) is 12.4. The number of nitrogens with zero attached hydrogens (tertiary/aromatic N) is 3. The molecule has 0 unspecified atom stereocenters. The highest BCUT2D eigenvalue weighted by Gasteiger charge is 2.14. The van der Waals surface area contributed by atoms with E-state index in [9.17, 15) is 0 Å². The van der Waals surface area contributed by atoms with Crippen LogP contribution in [-0.4, -0.2) is 21.3 Å². The fraction of sp³-hybridized carbons (Fsp3) is 0.500. The summed E-state index contributed by atoms with van der Waals surface area (Å²) in [4.78, 5) is 5.77. The Morgan fingerprint density at radius 1 is 1.41 bits per heavy atom. The Morgan fingerprint density at radius 2 is 2.18 bits per heavy atom. The Balaban J connectivity index is 2.30. The van der Waals surface area contributed by atoms with Crippen LogP contribution in [0.1, 0.15) is 23.2 Å². The van der Waals surface area contributed by atoms with Gasteiger partial charge in [0.15, 0.2) is 0 Å². The molecule has 2 aromatic heterocycles. The normalized spacial score (nSPS) is 11.1. The number of hydrogen-bond acceptors (Lipinski definition) is 4. The predicted octanol–water partition coefficient (Wildman–Crippen LogP) is 2.27. The van der Waals surface area contributed by atoms with Gasteiger partial charge in [0.05, 0.1) is 11.3 Å². The quantitative estimate of drug-likeness (QED) is 0.905. The fourth-order valence-electron chi connectivity index (χ4n) is 1.84. The molecule has 0 radical (unpaired) electrons. The Morgan fingerprint density at radius 3 is 2.76 bits per heavy atom. The summed E-state index contributed by atoms with van der Waals surface area (Å²) >= 11 is 1.74. The third-order valence-electron chi connectivity index (χ3n) is 2.83. The maximum atomic E-state index is 4.50. The topological polar surface area (TPSA) is 42.7 Å². The van der Waals surface area contributed by atoms with Gasteiger partial charge in [-0.25, -0.2) is 4.98 Å². The molecule has 0 spiro atoms. The second-order valence-electron chi connectivity index (χ2n) is 4.08. The minimum Gasteiger partial charge on any atom is -0.312 e. The van der Waals surface area contributed by atoms with E-state index in [0.29, 0.717) is 0 Å². The molecule has 0 amide bonds. The summed E-state index contributed by atoms with van der Waals surface area (Å²) in [5, 5.41) is 8.81. The first kappa shape index (κ1) is 12.3. The monoisotopic (exact) mass is 250 g/mol. The summed E-state index contributed by atoms with van der Waals surface area (Å²) in [7, 11) is 1.97. The Bertz CT molecular complexity index is 513. The highest BCUT2D eigenvalue weighted by Crippen LogP contribution is 2.30. The highest BCUT2D eigenvalue weighted by atomic mass is 32.1. The molecule has 0 saturated carbocycles. The van der Waals surface area contributed by atoms with Gasteiger partial charge in [0, 0.05) is 30.4 Å². The van der Waals surface area contributed by atoms with E-state index < -0.39 is 0 Å². The molecule has 0 aliphatic heterocycles. The van der Waals surface area contributed by atoms with E-state index in [1.807, 2.05) is 24.9 Å². The van der Waals surface area contributed by atoms with Crippen molar-refractivity contribution >= 4 is 11.3 Å². The van der Waals surface area contributed by atoms with Crippen LogP contribution in [0.5, 0.6) is 0 Å². The predicted molar refractivity (Wildman–Crippen MR) is 71.2 cm³/mol. The van der Waals surface area contributed by atoms with Gasteiger partial charge in [-0.3, -0.25) is 4.68 Å². The summed E-state index contributed by atoms with van der Waals surface area (Å²) < 4.78 is 1.91. The van der Waals surface area contributed by atoms with Gasteiger partial charge in [-0.1, -0.05) is 6.92 Å². The van der Waals surface area contributed by atoms with Crippen LogP contribution in [0.3, 0.4) is 0 Å². The second-order valence-corrected chi connectivity index (χ2v) is 5.20. The van der Waals surface area contributed by atoms with Crippen molar-refractivity contribution in [2.45, 2.75) is 27.3 Å². The average Bonchev–Trinajstić information content (AvgIpc) is 2.83. The van der Waals surface area contributed by atoms with E-state index >= 15 is 0 Å². The summed E-state index contributed by atoms with van der Waals surface area (Å²) in [6, 6.07) is 0. The maximum Gasteiger partial charge on any atom is 0.127 e. The van der Waals surface area contributed by atoms with Gasteiger partial charge in [0.2, 0.25) is 0 Å². The van der Waals surface area contributed by atoms with Crippen LogP contribution in [0.4, 0.5) is 0 Å². The smallest absolute Gasteiger partial charge is 0.127 e. The van der Waals surface area contributed by atoms with Crippen LogP contribution in [0, 0.1) is 13.8 Å². The number of thiazole rings is 1. The first-order valence-electron chi connectivity index (χ1n) is 5.79. The molecular weight excluding hydrogens is 232 g/mol. The van der Waals surface area contributed by atoms with Crippen LogP contribution >= 0.6 is 11.3 Å². The molecule has 1 N–H and O–H groups in total. The summed E-state index contributed by atoms with van der Waals surface area (Å²) in [5.41, 5.74) is 3.40. The van der Waals surface area contributed by atoms with Gasteiger partial charge in [-0.15, -0.1) is 11.3 Å². The molecule has 0 saturated heterocycles. The minimum absolute atomic E-state index is 0.895. The molecule has 2 aromatic rings. The lowest BCUT2D eigenvalue weighted by Crippen LogP contribution is -2.10. The van der Waals surface area contributed by atoms with Crippen molar-refractivity contribution in [3.05, 3.63) is 22.5 Å². The van der Waals surface area contributed by atoms with Crippen molar-refractivity contribution < 1.29 is 0 Å². The van der Waals surface area contributed by atoms with Crippen LogP contribution in [0.2, 0.25) is 0 Å². The van der Waals surface area contributed by atoms with E-state index in [-0.39, 0.29) is 0 Å². The molecule has 0 aromatic carbocycles. The van der Waals surface area contributed by atoms with Crippen molar-refractivity contribution in [1.29, 1.82) is 0 Å². The lowest BCUT2D eigenvalue weighted by molar-refractivity contribution is 0.731. The van der Waals surface area contributed by atoms with E-state index in [1.54, 1.807) is 11.3 Å².